The summed E-state index contributed by atoms with van der Waals surface area (Å²) in [5, 5.41) is 3.30. The summed E-state index contributed by atoms with van der Waals surface area (Å²) in [5.41, 5.74) is 7.24. The summed E-state index contributed by atoms with van der Waals surface area (Å²) in [6, 6.07) is 9.52. The fourth-order valence-corrected chi connectivity index (χ4v) is 3.53. The minimum absolute atomic E-state index is 0.251. The highest BCUT2D eigenvalue weighted by Gasteiger charge is 2.11. The average Bonchev–Trinajstić information content (AvgIpc) is 2.79. The van der Waals surface area contributed by atoms with Gasteiger partial charge in [-0.2, -0.15) is 0 Å². The first-order valence-corrected chi connectivity index (χ1v) is 8.65. The zero-order chi connectivity index (χ0) is 15.4. The summed E-state index contributed by atoms with van der Waals surface area (Å²) < 4.78 is 1.71. The van der Waals surface area contributed by atoms with Gasteiger partial charge >= 0.3 is 0 Å². The molecular weight excluding hydrogens is 438 g/mol. The SMILES string of the molecule is Cc1ccc(NC(=S)NNC(=O)c2cc(Br)c(Br)s2)cc1. The Morgan fingerprint density at radius 3 is 2.43 bits per heavy atom. The van der Waals surface area contributed by atoms with Crippen molar-refractivity contribution in [2.45, 2.75) is 6.92 Å². The summed E-state index contributed by atoms with van der Waals surface area (Å²) in [4.78, 5) is 12.5. The third-order valence-corrected chi connectivity index (χ3v) is 5.93. The van der Waals surface area contributed by atoms with Crippen molar-refractivity contribution >= 4 is 72.1 Å². The van der Waals surface area contributed by atoms with Crippen LogP contribution in [0, 0.1) is 6.92 Å². The lowest BCUT2D eigenvalue weighted by atomic mass is 10.2. The second-order valence-electron chi connectivity index (χ2n) is 4.13. The standard InChI is InChI=1S/C13H11Br2N3OS2/c1-7-2-4-8(5-3-7)16-13(20)18-17-12(19)10-6-9(14)11(15)21-10/h2-6H,1H3,(H,17,19)(H2,16,18,20). The first-order valence-electron chi connectivity index (χ1n) is 5.84. The lowest BCUT2D eigenvalue weighted by molar-refractivity contribution is 0.0948. The molecule has 1 aromatic heterocycles. The molecule has 1 heterocycles. The number of thiophene rings is 1. The molecule has 2 aromatic rings. The van der Waals surface area contributed by atoms with Crippen LogP contribution in [-0.2, 0) is 0 Å². The number of hydrogen-bond acceptors (Lipinski definition) is 3. The van der Waals surface area contributed by atoms with Crippen LogP contribution in [0.15, 0.2) is 38.6 Å². The molecule has 0 saturated carbocycles. The topological polar surface area (TPSA) is 53.2 Å². The zero-order valence-corrected chi connectivity index (χ0v) is 15.7. The molecule has 1 aromatic carbocycles. The minimum Gasteiger partial charge on any atom is -0.331 e. The first-order chi connectivity index (χ1) is 9.95. The molecule has 0 aliphatic heterocycles. The van der Waals surface area contributed by atoms with Crippen LogP contribution < -0.4 is 16.2 Å². The second-order valence-corrected chi connectivity index (χ2v) is 7.76. The zero-order valence-electron chi connectivity index (χ0n) is 10.9. The average molecular weight is 449 g/mol. The smallest absolute Gasteiger partial charge is 0.279 e. The van der Waals surface area contributed by atoms with Crippen LogP contribution in [0.5, 0.6) is 0 Å². The van der Waals surface area contributed by atoms with Gasteiger partial charge in [-0.25, -0.2) is 0 Å². The van der Waals surface area contributed by atoms with E-state index in [1.54, 1.807) is 6.07 Å². The van der Waals surface area contributed by atoms with E-state index in [1.165, 1.54) is 16.9 Å². The van der Waals surface area contributed by atoms with E-state index in [-0.39, 0.29) is 5.91 Å². The molecule has 110 valence electrons. The Morgan fingerprint density at radius 1 is 1.19 bits per heavy atom. The number of hydrogen-bond donors (Lipinski definition) is 3. The fraction of sp³-hybridized carbons (Fsp3) is 0.0769. The lowest BCUT2D eigenvalue weighted by Crippen LogP contribution is -2.43. The van der Waals surface area contributed by atoms with E-state index in [0.717, 1.165) is 13.9 Å². The second kappa shape index (κ2) is 7.35. The normalized spacial score (nSPS) is 10.0. The highest BCUT2D eigenvalue weighted by Crippen LogP contribution is 2.32. The number of benzene rings is 1. The molecule has 8 heteroatoms. The van der Waals surface area contributed by atoms with Gasteiger partial charge in [-0.15, -0.1) is 11.3 Å². The summed E-state index contributed by atoms with van der Waals surface area (Å²) in [5.74, 6) is -0.251. The van der Waals surface area contributed by atoms with Crippen LogP contribution in [0.2, 0.25) is 0 Å². The van der Waals surface area contributed by atoms with Crippen molar-refractivity contribution in [1.29, 1.82) is 0 Å². The maximum absolute atomic E-state index is 11.9. The molecule has 0 bridgehead atoms. The number of rotatable bonds is 2. The Bertz CT molecular complexity index is 651. The van der Waals surface area contributed by atoms with Crippen molar-refractivity contribution < 1.29 is 4.79 Å². The van der Waals surface area contributed by atoms with E-state index in [0.29, 0.717) is 9.99 Å². The summed E-state index contributed by atoms with van der Waals surface area (Å²) in [7, 11) is 0. The largest absolute Gasteiger partial charge is 0.331 e. The van der Waals surface area contributed by atoms with Gasteiger partial charge in [0.25, 0.3) is 5.91 Å². The van der Waals surface area contributed by atoms with Crippen molar-refractivity contribution in [3.05, 3.63) is 49.0 Å². The van der Waals surface area contributed by atoms with Gasteiger partial charge in [0.1, 0.15) is 0 Å². The molecule has 4 nitrogen and oxygen atoms in total. The van der Waals surface area contributed by atoms with Crippen molar-refractivity contribution in [2.75, 3.05) is 5.32 Å². The third kappa shape index (κ3) is 4.77. The molecule has 2 rings (SSSR count). The molecule has 0 unspecified atom stereocenters. The van der Waals surface area contributed by atoms with Gasteiger partial charge in [0.05, 0.1) is 8.66 Å². The number of amides is 1. The molecule has 0 radical (unpaired) electrons. The van der Waals surface area contributed by atoms with E-state index in [2.05, 4.69) is 48.0 Å². The van der Waals surface area contributed by atoms with Crippen LogP contribution in [0.4, 0.5) is 5.69 Å². The quantitative estimate of drug-likeness (QED) is 0.475. The highest BCUT2D eigenvalue weighted by molar-refractivity contribution is 9.13. The Balaban J connectivity index is 1.86. The molecule has 0 atom stereocenters. The van der Waals surface area contributed by atoms with Gasteiger partial charge in [-0.3, -0.25) is 15.6 Å². The molecule has 0 fully saturated rings. The summed E-state index contributed by atoms with van der Waals surface area (Å²) >= 11 is 13.1. The van der Waals surface area contributed by atoms with Crippen molar-refractivity contribution in [2.24, 2.45) is 0 Å². The Kier molecular flexibility index (Phi) is 5.74. The van der Waals surface area contributed by atoms with Gasteiger partial charge in [-0.1, -0.05) is 17.7 Å². The Morgan fingerprint density at radius 2 is 1.86 bits per heavy atom. The monoisotopic (exact) mass is 447 g/mol. The molecule has 0 spiro atoms. The van der Waals surface area contributed by atoms with E-state index < -0.39 is 0 Å². The van der Waals surface area contributed by atoms with Gasteiger partial charge in [0.15, 0.2) is 5.11 Å². The number of carbonyl (C=O) groups is 1. The number of halogens is 2. The molecule has 0 saturated heterocycles. The van der Waals surface area contributed by atoms with Crippen LogP contribution in [0.1, 0.15) is 15.2 Å². The van der Waals surface area contributed by atoms with Crippen molar-refractivity contribution in [3.63, 3.8) is 0 Å². The summed E-state index contributed by atoms with van der Waals surface area (Å²) in [6.45, 7) is 2.01. The van der Waals surface area contributed by atoms with Gasteiger partial charge in [-0.05, 0) is 69.2 Å². The number of nitrogens with one attached hydrogen (secondary N) is 3. The molecule has 3 N–H and O–H groups in total. The highest BCUT2D eigenvalue weighted by atomic mass is 79.9. The van der Waals surface area contributed by atoms with E-state index >= 15 is 0 Å². The van der Waals surface area contributed by atoms with Crippen molar-refractivity contribution in [1.82, 2.24) is 10.9 Å². The number of thiocarbonyl (C=S) groups is 1. The number of carbonyl (C=O) groups excluding carboxylic acids is 1. The van der Waals surface area contributed by atoms with Crippen LogP contribution >= 0.6 is 55.4 Å². The number of anilines is 1. The van der Waals surface area contributed by atoms with Gasteiger partial charge < -0.3 is 5.32 Å². The Hall–Kier alpha value is -0.960. The minimum atomic E-state index is -0.251. The van der Waals surface area contributed by atoms with Gasteiger partial charge in [0.2, 0.25) is 0 Å². The third-order valence-electron chi connectivity index (χ3n) is 2.47. The fourth-order valence-electron chi connectivity index (χ4n) is 1.43. The van der Waals surface area contributed by atoms with E-state index in [1.807, 2.05) is 31.2 Å². The number of hydrazine groups is 1. The number of aryl methyl sites for hydroxylation is 1. The molecular formula is C13H11Br2N3OS2. The van der Waals surface area contributed by atoms with Crippen LogP contribution in [-0.4, -0.2) is 11.0 Å². The maximum atomic E-state index is 11.9. The summed E-state index contributed by atoms with van der Waals surface area (Å²) in [6.07, 6.45) is 0. The predicted octanol–water partition coefficient (Wildman–Crippen LogP) is 4.21. The van der Waals surface area contributed by atoms with Crippen molar-refractivity contribution in [3.8, 4) is 0 Å². The van der Waals surface area contributed by atoms with E-state index in [4.69, 9.17) is 12.2 Å². The van der Waals surface area contributed by atoms with Crippen LogP contribution in [0.3, 0.4) is 0 Å². The van der Waals surface area contributed by atoms with E-state index in [9.17, 15) is 4.79 Å². The lowest BCUT2D eigenvalue weighted by Gasteiger charge is -2.11. The van der Waals surface area contributed by atoms with Crippen LogP contribution in [0.25, 0.3) is 0 Å². The molecule has 0 aliphatic carbocycles. The first kappa shape index (κ1) is 16.4. The molecule has 1 amide bonds. The maximum Gasteiger partial charge on any atom is 0.279 e. The molecule has 21 heavy (non-hydrogen) atoms. The Labute approximate surface area is 148 Å². The predicted molar refractivity (Wildman–Crippen MR) is 97.7 cm³/mol. The van der Waals surface area contributed by atoms with Gasteiger partial charge in [0, 0.05) is 10.2 Å². The molecule has 0 aliphatic rings.